The number of halogens is 1. The molecule has 0 amide bonds. The van der Waals surface area contributed by atoms with E-state index < -0.39 is 0 Å². The molecule has 1 heterocycles. The maximum Gasteiger partial charge on any atom is 0.144 e. The summed E-state index contributed by atoms with van der Waals surface area (Å²) in [7, 11) is 1.95. The molecule has 0 spiro atoms. The van der Waals surface area contributed by atoms with Crippen molar-refractivity contribution in [1.82, 2.24) is 9.97 Å². The molecule has 0 aromatic carbocycles. The molecule has 0 bridgehead atoms. The molecule has 2 aliphatic carbocycles. The van der Waals surface area contributed by atoms with E-state index in [9.17, 15) is 0 Å². The fourth-order valence-corrected chi connectivity index (χ4v) is 3.99. The van der Waals surface area contributed by atoms with E-state index in [2.05, 4.69) is 28.2 Å². The Morgan fingerprint density at radius 3 is 2.25 bits per heavy atom. The number of nitrogens with one attached hydrogen (secondary N) is 1. The van der Waals surface area contributed by atoms with Crippen LogP contribution in [0.1, 0.15) is 75.2 Å². The van der Waals surface area contributed by atoms with Crippen LogP contribution in [0.4, 0.5) is 5.82 Å². The Bertz CT molecular complexity index is 477. The highest BCUT2D eigenvalue weighted by Crippen LogP contribution is 2.45. The van der Waals surface area contributed by atoms with Gasteiger partial charge in [0, 0.05) is 18.9 Å². The van der Waals surface area contributed by atoms with Crippen LogP contribution in [-0.2, 0) is 0 Å². The van der Waals surface area contributed by atoms with Gasteiger partial charge in [-0.15, -0.1) is 0 Å². The zero-order valence-corrected chi connectivity index (χ0v) is 14.0. The van der Waals surface area contributed by atoms with Gasteiger partial charge in [0.1, 0.15) is 11.6 Å². The van der Waals surface area contributed by atoms with Crippen LogP contribution in [0.5, 0.6) is 0 Å². The highest BCUT2D eigenvalue weighted by Gasteiger charge is 2.31. The molecular weight excluding hydrogens is 314 g/mol. The molecule has 20 heavy (non-hydrogen) atoms. The monoisotopic (exact) mass is 337 g/mol. The molecular formula is C16H24BrN3. The van der Waals surface area contributed by atoms with Gasteiger partial charge in [0.2, 0.25) is 0 Å². The number of nitrogens with zero attached hydrogens (tertiary/aromatic N) is 2. The smallest absolute Gasteiger partial charge is 0.144 e. The molecule has 0 aliphatic heterocycles. The number of rotatable bonds is 4. The van der Waals surface area contributed by atoms with Gasteiger partial charge in [-0.25, -0.2) is 9.97 Å². The lowest BCUT2D eigenvalue weighted by Gasteiger charge is -2.27. The summed E-state index contributed by atoms with van der Waals surface area (Å²) in [4.78, 5) is 9.69. The van der Waals surface area contributed by atoms with Crippen LogP contribution < -0.4 is 5.32 Å². The zero-order valence-electron chi connectivity index (χ0n) is 12.5. The highest BCUT2D eigenvalue weighted by atomic mass is 79.9. The van der Waals surface area contributed by atoms with Crippen LogP contribution in [0.3, 0.4) is 0 Å². The summed E-state index contributed by atoms with van der Waals surface area (Å²) in [5, 5.41) is 3.22. The first kappa shape index (κ1) is 14.3. The quantitative estimate of drug-likeness (QED) is 0.853. The van der Waals surface area contributed by atoms with E-state index in [-0.39, 0.29) is 0 Å². The van der Waals surface area contributed by atoms with E-state index in [0.717, 1.165) is 22.0 Å². The van der Waals surface area contributed by atoms with E-state index in [1.807, 2.05) is 7.05 Å². The van der Waals surface area contributed by atoms with Crippen LogP contribution >= 0.6 is 15.9 Å². The maximum atomic E-state index is 4.92. The number of anilines is 1. The molecule has 2 aliphatic rings. The zero-order chi connectivity index (χ0) is 14.1. The van der Waals surface area contributed by atoms with Crippen molar-refractivity contribution in [2.24, 2.45) is 5.92 Å². The summed E-state index contributed by atoms with van der Waals surface area (Å²) >= 11 is 3.67. The van der Waals surface area contributed by atoms with E-state index in [0.29, 0.717) is 11.8 Å². The Labute approximate surface area is 130 Å². The summed E-state index contributed by atoms with van der Waals surface area (Å²) in [6, 6.07) is 0. The molecule has 1 aromatic heterocycles. The molecule has 0 atom stereocenters. The van der Waals surface area contributed by atoms with Gasteiger partial charge in [0.05, 0.1) is 10.2 Å². The van der Waals surface area contributed by atoms with Gasteiger partial charge in [-0.05, 0) is 60.4 Å². The average molecular weight is 338 g/mol. The third-order valence-electron chi connectivity index (χ3n) is 4.88. The second-order valence-corrected chi connectivity index (χ2v) is 7.07. The Hall–Kier alpha value is -0.640. The predicted octanol–water partition coefficient (Wildman–Crippen LogP) is 4.84. The standard InChI is InChI=1S/C16H24BrN3/c1-3-10-4-6-12(7-5-10)15-19-14(11-8-9-11)13(17)16(18-2)20-15/h10-12H,3-9H2,1-2H3,(H,18,19,20). The maximum absolute atomic E-state index is 4.92. The topological polar surface area (TPSA) is 37.8 Å². The lowest BCUT2D eigenvalue weighted by Crippen LogP contribution is -2.16. The fourth-order valence-electron chi connectivity index (χ4n) is 3.29. The number of hydrogen-bond donors (Lipinski definition) is 1. The summed E-state index contributed by atoms with van der Waals surface area (Å²) in [5.41, 5.74) is 1.23. The van der Waals surface area contributed by atoms with Crippen molar-refractivity contribution < 1.29 is 0 Å². The minimum atomic E-state index is 0.565. The summed E-state index contributed by atoms with van der Waals surface area (Å²) < 4.78 is 1.08. The normalized spacial score (nSPS) is 26.6. The second-order valence-electron chi connectivity index (χ2n) is 6.28. The Balaban J connectivity index is 1.84. The molecule has 1 aromatic rings. The fraction of sp³-hybridized carbons (Fsp3) is 0.750. The molecule has 0 radical (unpaired) electrons. The third-order valence-corrected chi connectivity index (χ3v) is 5.67. The van der Waals surface area contributed by atoms with Crippen LogP contribution in [-0.4, -0.2) is 17.0 Å². The Morgan fingerprint density at radius 1 is 1.05 bits per heavy atom. The van der Waals surface area contributed by atoms with Gasteiger partial charge in [-0.3, -0.25) is 0 Å². The van der Waals surface area contributed by atoms with Gasteiger partial charge < -0.3 is 5.32 Å². The summed E-state index contributed by atoms with van der Waals surface area (Å²) in [6.07, 6.45) is 9.08. The first-order valence-corrected chi connectivity index (χ1v) is 8.77. The van der Waals surface area contributed by atoms with Crippen LogP contribution in [0.15, 0.2) is 4.47 Å². The SMILES string of the molecule is CCC1CCC(c2nc(NC)c(Br)c(C3CC3)n2)CC1. The van der Waals surface area contributed by atoms with E-state index in [1.165, 1.54) is 50.6 Å². The van der Waals surface area contributed by atoms with Gasteiger partial charge in [-0.1, -0.05) is 13.3 Å². The van der Waals surface area contributed by atoms with Crippen molar-refractivity contribution in [2.75, 3.05) is 12.4 Å². The summed E-state index contributed by atoms with van der Waals surface area (Å²) in [5.74, 6) is 4.19. The first-order valence-electron chi connectivity index (χ1n) is 7.98. The molecule has 2 saturated carbocycles. The number of aromatic nitrogens is 2. The molecule has 4 heteroatoms. The predicted molar refractivity (Wildman–Crippen MR) is 86.2 cm³/mol. The van der Waals surface area contributed by atoms with Crippen molar-refractivity contribution in [3.05, 3.63) is 16.0 Å². The van der Waals surface area contributed by atoms with Crippen LogP contribution in [0.2, 0.25) is 0 Å². The van der Waals surface area contributed by atoms with E-state index in [1.54, 1.807) is 0 Å². The van der Waals surface area contributed by atoms with Crippen molar-refractivity contribution >= 4 is 21.7 Å². The first-order chi connectivity index (χ1) is 9.72. The minimum Gasteiger partial charge on any atom is -0.372 e. The van der Waals surface area contributed by atoms with Crippen molar-refractivity contribution in [1.29, 1.82) is 0 Å². The molecule has 110 valence electrons. The van der Waals surface area contributed by atoms with Crippen LogP contribution in [0.25, 0.3) is 0 Å². The van der Waals surface area contributed by atoms with E-state index >= 15 is 0 Å². The molecule has 3 nitrogen and oxygen atoms in total. The van der Waals surface area contributed by atoms with Crippen LogP contribution in [0, 0.1) is 5.92 Å². The van der Waals surface area contributed by atoms with Gasteiger partial charge in [-0.2, -0.15) is 0 Å². The summed E-state index contributed by atoms with van der Waals surface area (Å²) in [6.45, 7) is 2.31. The highest BCUT2D eigenvalue weighted by molar-refractivity contribution is 9.10. The largest absolute Gasteiger partial charge is 0.372 e. The van der Waals surface area contributed by atoms with Gasteiger partial charge in [0.15, 0.2) is 0 Å². The lowest BCUT2D eigenvalue weighted by atomic mass is 9.80. The lowest BCUT2D eigenvalue weighted by molar-refractivity contribution is 0.312. The van der Waals surface area contributed by atoms with Crippen molar-refractivity contribution in [2.45, 2.75) is 63.7 Å². The minimum absolute atomic E-state index is 0.565. The third kappa shape index (κ3) is 2.85. The average Bonchev–Trinajstić information content (AvgIpc) is 3.32. The molecule has 1 N–H and O–H groups in total. The molecule has 0 saturated heterocycles. The van der Waals surface area contributed by atoms with Crippen molar-refractivity contribution in [3.8, 4) is 0 Å². The molecule has 0 unspecified atom stereocenters. The van der Waals surface area contributed by atoms with Gasteiger partial charge in [0.25, 0.3) is 0 Å². The molecule has 3 rings (SSSR count). The number of hydrogen-bond acceptors (Lipinski definition) is 3. The van der Waals surface area contributed by atoms with Crippen molar-refractivity contribution in [3.63, 3.8) is 0 Å². The van der Waals surface area contributed by atoms with E-state index in [4.69, 9.17) is 9.97 Å². The van der Waals surface area contributed by atoms with Gasteiger partial charge >= 0.3 is 0 Å². The Morgan fingerprint density at radius 2 is 1.70 bits per heavy atom. The molecule has 2 fully saturated rings. The Kier molecular flexibility index (Phi) is 4.29. The second kappa shape index (κ2) is 6.00.